The molecule has 5 nitrogen and oxygen atoms in total. The van der Waals surface area contributed by atoms with Crippen LogP contribution < -0.4 is 4.74 Å². The Morgan fingerprint density at radius 2 is 1.47 bits per heavy atom. The van der Waals surface area contributed by atoms with Crippen molar-refractivity contribution in [3.8, 4) is 17.2 Å². The Labute approximate surface area is 341 Å². The van der Waals surface area contributed by atoms with Gasteiger partial charge in [-0.3, -0.25) is 4.99 Å². The van der Waals surface area contributed by atoms with Crippen molar-refractivity contribution >= 4 is 27.8 Å². The molecule has 0 saturated carbocycles. The Balaban J connectivity index is 0.00000465. The largest absolute Gasteiger partial charge is 2.00 e. The molecule has 1 aliphatic carbocycles. The Morgan fingerprint density at radius 1 is 0.764 bits per heavy atom. The molecule has 8 rings (SSSR count). The second-order valence-corrected chi connectivity index (χ2v) is 19.0. The summed E-state index contributed by atoms with van der Waals surface area (Å²) in [5, 5.41) is 2.31. The Bertz CT molecular complexity index is 2540. The van der Waals surface area contributed by atoms with Gasteiger partial charge < -0.3 is 14.0 Å². The van der Waals surface area contributed by atoms with Crippen LogP contribution in [0.1, 0.15) is 114 Å². The zero-order chi connectivity index (χ0) is 38.7. The number of aromatic nitrogens is 2. The van der Waals surface area contributed by atoms with E-state index in [0.29, 0.717) is 17.4 Å². The van der Waals surface area contributed by atoms with Gasteiger partial charge in [0.15, 0.2) is 0 Å². The number of aliphatic imine (C=N–C) groups is 1. The van der Waals surface area contributed by atoms with Gasteiger partial charge in [0.2, 0.25) is 0 Å². The van der Waals surface area contributed by atoms with Gasteiger partial charge in [0.05, 0.1) is 5.52 Å². The molecule has 0 fully saturated rings. The minimum Gasteiger partial charge on any atom is -0.510 e. The maximum absolute atomic E-state index is 7.09. The molecule has 0 N–H and O–H groups in total. The van der Waals surface area contributed by atoms with Crippen molar-refractivity contribution in [2.75, 3.05) is 0 Å². The average Bonchev–Trinajstić information content (AvgIpc) is 3.65. The van der Waals surface area contributed by atoms with Crippen molar-refractivity contribution in [1.29, 1.82) is 0 Å². The molecule has 0 bridgehead atoms. The van der Waals surface area contributed by atoms with Crippen LogP contribution in [0.3, 0.4) is 0 Å². The van der Waals surface area contributed by atoms with Crippen LogP contribution in [-0.4, -0.2) is 21.0 Å². The van der Waals surface area contributed by atoms with Crippen molar-refractivity contribution in [2.24, 2.45) is 10.4 Å². The van der Waals surface area contributed by atoms with Gasteiger partial charge in [0.25, 0.3) is 0 Å². The van der Waals surface area contributed by atoms with Crippen LogP contribution in [0.25, 0.3) is 27.6 Å². The maximum atomic E-state index is 7.09. The molecule has 0 spiro atoms. The Hall–Kier alpha value is -4.21. The van der Waals surface area contributed by atoms with Crippen LogP contribution in [0.4, 0.5) is 0 Å². The van der Waals surface area contributed by atoms with Gasteiger partial charge in [0, 0.05) is 40.3 Å². The van der Waals surface area contributed by atoms with Crippen LogP contribution in [0.2, 0.25) is 0 Å². The molecule has 2 atom stereocenters. The first-order valence-electron chi connectivity index (χ1n) is 19.3. The van der Waals surface area contributed by atoms with Crippen LogP contribution in [0, 0.1) is 38.3 Å². The summed E-state index contributed by atoms with van der Waals surface area (Å²) in [6.07, 6.45) is 2.75. The van der Waals surface area contributed by atoms with Crippen molar-refractivity contribution in [3.05, 3.63) is 130 Å². The fourth-order valence-electron chi connectivity index (χ4n) is 8.67. The van der Waals surface area contributed by atoms with Crippen molar-refractivity contribution < 1.29 is 30.5 Å². The van der Waals surface area contributed by atoms with Gasteiger partial charge in [0.1, 0.15) is 22.7 Å². The molecule has 0 saturated heterocycles. The third kappa shape index (κ3) is 6.26. The van der Waals surface area contributed by atoms with E-state index >= 15 is 0 Å². The summed E-state index contributed by atoms with van der Waals surface area (Å²) >= 11 is 0. The van der Waals surface area contributed by atoms with Gasteiger partial charge in [-0.25, -0.2) is 4.98 Å². The summed E-state index contributed by atoms with van der Waals surface area (Å²) in [6, 6.07) is 31.1. The molecule has 286 valence electrons. The van der Waals surface area contributed by atoms with Gasteiger partial charge in [-0.2, -0.15) is 0 Å². The number of hydrogen-bond donors (Lipinski definition) is 0. The molecule has 0 amide bonds. The predicted octanol–water partition coefficient (Wildman–Crippen LogP) is 12.1. The number of hydrogen-bond acceptors (Lipinski definition) is 4. The first kappa shape index (κ1) is 39.0. The smallest absolute Gasteiger partial charge is 0.510 e. The summed E-state index contributed by atoms with van der Waals surface area (Å²) in [5.41, 5.74) is 11.0. The molecule has 6 heteroatoms. The Morgan fingerprint density at radius 3 is 2.16 bits per heavy atom. The van der Waals surface area contributed by atoms with E-state index in [4.69, 9.17) is 19.5 Å². The van der Waals surface area contributed by atoms with Gasteiger partial charge in [-0.05, 0) is 90.1 Å². The summed E-state index contributed by atoms with van der Waals surface area (Å²) in [4.78, 5) is 10.4. The number of benzene rings is 4. The molecular formula is C49H53N3O2Pt. The Kier molecular flexibility index (Phi) is 9.17. The van der Waals surface area contributed by atoms with E-state index in [-0.39, 0.29) is 37.3 Å². The third-order valence-electron chi connectivity index (χ3n) is 12.0. The number of aryl methyl sites for hydroxylation is 3. The normalized spacial score (nSPS) is 19.5. The van der Waals surface area contributed by atoms with Crippen LogP contribution >= 0.6 is 0 Å². The fourth-order valence-corrected chi connectivity index (χ4v) is 8.67. The molecule has 0 radical (unpaired) electrons. The fraction of sp³-hybridized carbons (Fsp3) is 0.388. The second kappa shape index (κ2) is 12.9. The van der Waals surface area contributed by atoms with E-state index in [1.807, 2.05) is 24.4 Å². The topological polar surface area (TPSA) is 48.6 Å². The molecule has 2 aliphatic rings. The van der Waals surface area contributed by atoms with Crippen LogP contribution in [0.5, 0.6) is 11.5 Å². The average molecular weight is 911 g/mol. The van der Waals surface area contributed by atoms with Crippen LogP contribution in [0.15, 0.2) is 77.9 Å². The quantitative estimate of drug-likeness (QED) is 0.166. The van der Waals surface area contributed by atoms with Gasteiger partial charge >= 0.3 is 21.1 Å². The first-order valence-corrected chi connectivity index (χ1v) is 19.3. The molecule has 4 aromatic carbocycles. The molecule has 0 unspecified atom stereocenters. The summed E-state index contributed by atoms with van der Waals surface area (Å²) < 4.78 is 16.0. The number of pyridine rings is 1. The van der Waals surface area contributed by atoms with E-state index in [9.17, 15) is 0 Å². The molecular weight excluding hydrogens is 858 g/mol. The number of ether oxygens (including phenoxy) is 2. The zero-order valence-electron chi connectivity index (χ0n) is 34.6. The number of rotatable bonds is 4. The summed E-state index contributed by atoms with van der Waals surface area (Å²) in [6.45, 7) is 29.0. The van der Waals surface area contributed by atoms with Crippen molar-refractivity contribution in [1.82, 2.24) is 9.55 Å². The minimum atomic E-state index is -0.536. The van der Waals surface area contributed by atoms with E-state index in [1.165, 1.54) is 33.2 Å². The van der Waals surface area contributed by atoms with Crippen molar-refractivity contribution in [3.63, 3.8) is 0 Å². The number of fused-ring (bicyclic) bond motifs is 6. The van der Waals surface area contributed by atoms with E-state index in [0.717, 1.165) is 45.3 Å². The minimum absolute atomic E-state index is 0. The molecule has 1 aliphatic heterocycles. The van der Waals surface area contributed by atoms with Gasteiger partial charge in [-0.15, -0.1) is 42.0 Å². The van der Waals surface area contributed by atoms with E-state index in [2.05, 4.69) is 155 Å². The SMILES string of the molecule is Cc1cnc2c(c1)c1cc(C(C)(C)C)ccc1n2-c1[c-]c(Oc2[c-]c(C3=N[C@]4(C)c5cc(C)c(C)cc5C[C@]4(C(C)(C)C)O3)ccc2)cc(C(C)(C)C)c1.[Pt+2]. The van der Waals surface area contributed by atoms with Crippen LogP contribution in [-0.2, 0) is 48.6 Å². The summed E-state index contributed by atoms with van der Waals surface area (Å²) in [5.74, 6) is 1.80. The maximum Gasteiger partial charge on any atom is 2.00 e. The van der Waals surface area contributed by atoms with Gasteiger partial charge in [-0.1, -0.05) is 97.8 Å². The number of nitrogens with zero attached hydrogens (tertiary/aromatic N) is 3. The molecule has 3 heterocycles. The monoisotopic (exact) mass is 910 g/mol. The molecule has 6 aromatic rings. The van der Waals surface area contributed by atoms with E-state index in [1.54, 1.807) is 0 Å². The standard InChI is InChI=1S/C49H53N3O2.Pt/c1-29-19-40-39-25-34(45(4,5)6)17-18-42(39)52(43(40)50-28-29)36-23-35(46(7,8)9)24-38(26-36)53-37-16-14-15-32(22-37)44-51-48(13)41-21-31(3)30(2)20-33(41)27-49(48,54-44)47(10,11)12;/h14-21,23-25,28H,27H2,1-13H3;/q-2;+2/t48-,49-;/m1./s1. The zero-order valence-corrected chi connectivity index (χ0v) is 36.9. The van der Waals surface area contributed by atoms with Crippen molar-refractivity contribution in [2.45, 2.75) is 118 Å². The third-order valence-corrected chi connectivity index (χ3v) is 12.0. The first-order chi connectivity index (χ1) is 25.2. The predicted molar refractivity (Wildman–Crippen MR) is 222 cm³/mol. The molecule has 2 aromatic heterocycles. The summed E-state index contributed by atoms with van der Waals surface area (Å²) in [7, 11) is 0. The molecule has 55 heavy (non-hydrogen) atoms. The second-order valence-electron chi connectivity index (χ2n) is 19.0. The van der Waals surface area contributed by atoms with E-state index < -0.39 is 11.1 Å².